The Balaban J connectivity index is 2.01. The predicted molar refractivity (Wildman–Crippen MR) is 75.4 cm³/mol. The molecule has 4 heteroatoms. The zero-order chi connectivity index (χ0) is 13.2. The molecule has 0 saturated heterocycles. The summed E-state index contributed by atoms with van der Waals surface area (Å²) in [6, 6.07) is 7.70. The summed E-state index contributed by atoms with van der Waals surface area (Å²) >= 11 is 6.32. The van der Waals surface area contributed by atoms with Crippen molar-refractivity contribution in [2.24, 2.45) is 0 Å². The van der Waals surface area contributed by atoms with Gasteiger partial charge in [-0.1, -0.05) is 11.6 Å². The number of rotatable bonds is 2. The smallest absolute Gasteiger partial charge is 0.224 e. The number of nitrogens with one attached hydrogen (secondary N) is 1. The first-order valence-corrected chi connectivity index (χ1v) is 6.61. The van der Waals surface area contributed by atoms with E-state index in [2.05, 4.69) is 10.3 Å². The molecule has 1 aliphatic heterocycles. The van der Waals surface area contributed by atoms with Crippen LogP contribution in [0.4, 0.5) is 5.69 Å². The lowest BCUT2D eigenvalue weighted by Gasteiger charge is -2.21. The molecule has 3 nitrogen and oxygen atoms in total. The van der Waals surface area contributed by atoms with Crippen LogP contribution in [0, 0.1) is 0 Å². The molecule has 2 aromatic rings. The van der Waals surface area contributed by atoms with E-state index in [1.54, 1.807) is 12.4 Å². The number of carbonyl (C=O) groups excluding carboxylic acids is 1. The first-order chi connectivity index (χ1) is 9.24. The van der Waals surface area contributed by atoms with Crippen LogP contribution in [0.1, 0.15) is 23.1 Å². The van der Waals surface area contributed by atoms with Gasteiger partial charge in [0.1, 0.15) is 0 Å². The molecule has 0 radical (unpaired) electrons. The van der Waals surface area contributed by atoms with Crippen LogP contribution in [0.15, 0.2) is 36.7 Å². The number of pyridine rings is 1. The number of benzene rings is 1. The highest BCUT2D eigenvalue weighted by atomic mass is 35.5. The largest absolute Gasteiger partial charge is 0.326 e. The lowest BCUT2D eigenvalue weighted by molar-refractivity contribution is -0.116. The second kappa shape index (κ2) is 5.02. The van der Waals surface area contributed by atoms with Gasteiger partial charge in [-0.15, -0.1) is 0 Å². The third-order valence-corrected chi connectivity index (χ3v) is 3.73. The third kappa shape index (κ3) is 2.47. The van der Waals surface area contributed by atoms with Gasteiger partial charge in [-0.25, -0.2) is 0 Å². The van der Waals surface area contributed by atoms with E-state index >= 15 is 0 Å². The second-order valence-electron chi connectivity index (χ2n) is 4.63. The predicted octanol–water partition coefficient (Wildman–Crippen LogP) is 3.21. The number of amides is 1. The van der Waals surface area contributed by atoms with Crippen molar-refractivity contribution in [2.75, 3.05) is 5.32 Å². The Bertz CT molecular complexity index is 626. The fourth-order valence-corrected chi connectivity index (χ4v) is 2.66. The van der Waals surface area contributed by atoms with Gasteiger partial charge in [0.2, 0.25) is 5.91 Å². The monoisotopic (exact) mass is 272 g/mol. The zero-order valence-electron chi connectivity index (χ0n) is 10.3. The van der Waals surface area contributed by atoms with Gasteiger partial charge in [-0.05, 0) is 53.8 Å². The molecule has 0 spiro atoms. The summed E-state index contributed by atoms with van der Waals surface area (Å²) in [7, 11) is 0. The van der Waals surface area contributed by atoms with Gasteiger partial charge in [0.05, 0.1) is 0 Å². The average Bonchev–Trinajstić information content (AvgIpc) is 2.43. The summed E-state index contributed by atoms with van der Waals surface area (Å²) in [5.74, 6) is 0.0738. The number of carbonyl (C=O) groups is 1. The van der Waals surface area contributed by atoms with E-state index in [-0.39, 0.29) is 5.91 Å². The molecule has 0 aliphatic carbocycles. The van der Waals surface area contributed by atoms with Gasteiger partial charge in [0, 0.05) is 29.5 Å². The van der Waals surface area contributed by atoms with Crippen LogP contribution in [0.3, 0.4) is 0 Å². The number of halogens is 1. The molecule has 0 fully saturated rings. The van der Waals surface area contributed by atoms with Crippen molar-refractivity contribution < 1.29 is 4.79 Å². The fourth-order valence-electron chi connectivity index (χ4n) is 2.41. The van der Waals surface area contributed by atoms with E-state index in [1.165, 1.54) is 5.56 Å². The van der Waals surface area contributed by atoms with E-state index < -0.39 is 0 Å². The van der Waals surface area contributed by atoms with Gasteiger partial charge < -0.3 is 5.32 Å². The number of hydrogen-bond donors (Lipinski definition) is 1. The van der Waals surface area contributed by atoms with Crippen molar-refractivity contribution in [1.82, 2.24) is 4.98 Å². The van der Waals surface area contributed by atoms with Crippen LogP contribution >= 0.6 is 11.6 Å². The highest BCUT2D eigenvalue weighted by molar-refractivity contribution is 6.31. The molecule has 0 unspecified atom stereocenters. The first-order valence-electron chi connectivity index (χ1n) is 6.23. The summed E-state index contributed by atoms with van der Waals surface area (Å²) < 4.78 is 0. The lowest BCUT2D eigenvalue weighted by atomic mass is 9.93. The van der Waals surface area contributed by atoms with Crippen LogP contribution in [0.2, 0.25) is 5.02 Å². The minimum Gasteiger partial charge on any atom is -0.326 e. The molecule has 0 saturated carbocycles. The van der Waals surface area contributed by atoms with Crippen LogP contribution in [-0.2, 0) is 17.6 Å². The normalized spacial score (nSPS) is 13.8. The van der Waals surface area contributed by atoms with Crippen LogP contribution in [0.25, 0.3) is 0 Å². The van der Waals surface area contributed by atoms with Crippen LogP contribution in [-0.4, -0.2) is 10.9 Å². The maximum absolute atomic E-state index is 11.4. The standard InChI is InChI=1S/C15H13ClN2O/c16-13-2-3-14-11(1-4-15(19)18-14)12(13)9-10-5-7-17-8-6-10/h2-3,5-8H,1,4,9H2,(H,18,19). The summed E-state index contributed by atoms with van der Waals surface area (Å²) in [5, 5.41) is 3.66. The number of anilines is 1. The van der Waals surface area contributed by atoms with E-state index in [9.17, 15) is 4.79 Å². The van der Waals surface area contributed by atoms with E-state index in [1.807, 2.05) is 24.3 Å². The molecular weight excluding hydrogens is 260 g/mol. The SMILES string of the molecule is O=C1CCc2c(ccc(Cl)c2Cc2ccncc2)N1. The number of aromatic nitrogens is 1. The van der Waals surface area contributed by atoms with Crippen molar-refractivity contribution in [3.05, 3.63) is 58.4 Å². The van der Waals surface area contributed by atoms with Gasteiger partial charge >= 0.3 is 0 Å². The molecule has 1 aromatic carbocycles. The summed E-state index contributed by atoms with van der Waals surface area (Å²) in [4.78, 5) is 15.4. The first kappa shape index (κ1) is 12.2. The summed E-state index contributed by atoms with van der Waals surface area (Å²) in [5.41, 5.74) is 4.32. The molecule has 1 amide bonds. The van der Waals surface area contributed by atoms with Crippen molar-refractivity contribution in [1.29, 1.82) is 0 Å². The van der Waals surface area contributed by atoms with Crippen LogP contribution in [0.5, 0.6) is 0 Å². The fraction of sp³-hybridized carbons (Fsp3) is 0.200. The average molecular weight is 273 g/mol. The van der Waals surface area contributed by atoms with Gasteiger partial charge in [0.25, 0.3) is 0 Å². The Morgan fingerprint density at radius 1 is 1.16 bits per heavy atom. The van der Waals surface area contributed by atoms with Gasteiger partial charge in [-0.3, -0.25) is 9.78 Å². The maximum atomic E-state index is 11.4. The Morgan fingerprint density at radius 3 is 2.74 bits per heavy atom. The molecule has 2 heterocycles. The number of nitrogens with zero attached hydrogens (tertiary/aromatic N) is 1. The Labute approximate surface area is 116 Å². The molecule has 0 bridgehead atoms. The number of hydrogen-bond acceptors (Lipinski definition) is 2. The number of fused-ring (bicyclic) bond motifs is 1. The zero-order valence-corrected chi connectivity index (χ0v) is 11.1. The van der Waals surface area contributed by atoms with Crippen LogP contribution < -0.4 is 5.32 Å². The molecule has 1 N–H and O–H groups in total. The molecule has 1 aromatic heterocycles. The minimum atomic E-state index is 0.0738. The minimum absolute atomic E-state index is 0.0738. The molecule has 0 atom stereocenters. The highest BCUT2D eigenvalue weighted by Gasteiger charge is 2.19. The molecule has 1 aliphatic rings. The van der Waals surface area contributed by atoms with Crippen molar-refractivity contribution in [3.63, 3.8) is 0 Å². The van der Waals surface area contributed by atoms with Crippen molar-refractivity contribution in [2.45, 2.75) is 19.3 Å². The second-order valence-corrected chi connectivity index (χ2v) is 5.04. The van der Waals surface area contributed by atoms with Gasteiger partial charge in [0.15, 0.2) is 0 Å². The summed E-state index contributed by atoms with van der Waals surface area (Å²) in [6.45, 7) is 0. The Hall–Kier alpha value is -1.87. The quantitative estimate of drug-likeness (QED) is 0.912. The Kier molecular flexibility index (Phi) is 3.22. The molecule has 19 heavy (non-hydrogen) atoms. The van der Waals surface area contributed by atoms with Crippen molar-refractivity contribution in [3.8, 4) is 0 Å². The molecular formula is C15H13ClN2O. The summed E-state index contributed by atoms with van der Waals surface area (Å²) in [6.07, 6.45) is 5.60. The van der Waals surface area contributed by atoms with E-state index in [4.69, 9.17) is 11.6 Å². The molecule has 3 rings (SSSR count). The maximum Gasteiger partial charge on any atom is 0.224 e. The Morgan fingerprint density at radius 2 is 1.95 bits per heavy atom. The molecule has 96 valence electrons. The topological polar surface area (TPSA) is 42.0 Å². The van der Waals surface area contributed by atoms with Crippen molar-refractivity contribution >= 4 is 23.2 Å². The van der Waals surface area contributed by atoms with E-state index in [0.717, 1.165) is 34.7 Å². The third-order valence-electron chi connectivity index (χ3n) is 3.38. The lowest BCUT2D eigenvalue weighted by Crippen LogP contribution is -2.20. The van der Waals surface area contributed by atoms with E-state index in [0.29, 0.717) is 6.42 Å². The highest BCUT2D eigenvalue weighted by Crippen LogP contribution is 2.32. The van der Waals surface area contributed by atoms with Gasteiger partial charge in [-0.2, -0.15) is 0 Å².